The predicted molar refractivity (Wildman–Crippen MR) is 224 cm³/mol. The Morgan fingerprint density at radius 3 is 2.24 bits per heavy atom. The number of rotatable bonds is 9. The van der Waals surface area contributed by atoms with Crippen molar-refractivity contribution in [2.75, 3.05) is 27.3 Å². The number of alkyl carbamates (subject to hydrolysis) is 1. The molecule has 4 amide bonds. The standard InChI is InChI=1S/C17H29N3O4.C10H9NOS.C7H11NO.C4H8.C2H4O2.CH4.3H2/c1-17(2,3)13(19-16(23)24-11-7-4-5-8-11)15(22)20-10-6-9-12(20)14(18)21;1-12-8-4-5-11-9(7-8)10-3-2-6-13-10;1-3-5-4-6(5)7(9)8-2;1-4-2-3-4;3-1-2-4;;;;/h11-13H,4-10H2,1-3H3,(H2,18,21)(H,19,23);2-7H,1H3;3,5-6H,1,4H2,2H3,(H,8,9);4H,2-3H2,1H3;1,4H,2H2;1H4;3*1H/t12-,13+;;5-,6+;;;;;;/m0.1....../s1. The van der Waals surface area contributed by atoms with E-state index >= 15 is 0 Å². The molecule has 2 aromatic heterocycles. The molecule has 314 valence electrons. The number of methoxy groups -OCH3 is 1. The van der Waals surface area contributed by atoms with Gasteiger partial charge >= 0.3 is 6.09 Å². The fourth-order valence-electron chi connectivity index (χ4n) is 5.68. The number of hydrogen-bond acceptors (Lipinski definition) is 10. The third kappa shape index (κ3) is 17.8. The lowest BCUT2D eigenvalue weighted by Crippen LogP contribution is -2.57. The first kappa shape index (κ1) is 48.7. The third-order valence-electron chi connectivity index (χ3n) is 9.22. The van der Waals surface area contributed by atoms with Gasteiger partial charge in [-0.15, -0.1) is 17.9 Å². The molecule has 4 fully saturated rings. The number of nitrogens with zero attached hydrogens (tertiary/aromatic N) is 2. The van der Waals surface area contributed by atoms with Gasteiger partial charge in [-0.2, -0.15) is 0 Å². The van der Waals surface area contributed by atoms with E-state index in [4.69, 9.17) is 25.1 Å². The van der Waals surface area contributed by atoms with Gasteiger partial charge in [0.05, 0.1) is 24.3 Å². The van der Waals surface area contributed by atoms with Gasteiger partial charge in [-0.3, -0.25) is 19.4 Å². The van der Waals surface area contributed by atoms with Crippen LogP contribution in [0.1, 0.15) is 97.2 Å². The summed E-state index contributed by atoms with van der Waals surface area (Å²) >= 11 is 1.68. The summed E-state index contributed by atoms with van der Waals surface area (Å²) in [6, 6.07) is 6.50. The smallest absolute Gasteiger partial charge is 0.408 e. The number of aldehydes is 1. The van der Waals surface area contributed by atoms with Gasteiger partial charge in [-0.25, -0.2) is 4.79 Å². The molecule has 13 nitrogen and oxygen atoms in total. The van der Waals surface area contributed by atoms with Gasteiger partial charge in [0.1, 0.15) is 30.2 Å². The van der Waals surface area contributed by atoms with Gasteiger partial charge in [0.25, 0.3) is 0 Å². The van der Waals surface area contributed by atoms with Crippen molar-refractivity contribution in [3.8, 4) is 16.3 Å². The van der Waals surface area contributed by atoms with Gasteiger partial charge in [-0.05, 0) is 79.7 Å². The number of nitrogens with two attached hydrogens (primary N) is 1. The Morgan fingerprint density at radius 2 is 1.78 bits per heavy atom. The Hall–Kier alpha value is -4.30. The molecule has 3 heterocycles. The summed E-state index contributed by atoms with van der Waals surface area (Å²) in [6.45, 7) is 11.6. The molecule has 4 atom stereocenters. The normalized spacial score (nSPS) is 19.9. The second-order valence-electron chi connectivity index (χ2n) is 14.8. The molecule has 4 aliphatic rings. The van der Waals surface area contributed by atoms with E-state index in [2.05, 4.69) is 29.1 Å². The highest BCUT2D eigenvalue weighted by Crippen LogP contribution is 2.39. The van der Waals surface area contributed by atoms with Crippen LogP contribution in [0.5, 0.6) is 5.75 Å². The van der Waals surface area contributed by atoms with Crippen LogP contribution in [0.25, 0.3) is 10.6 Å². The Kier molecular flexibility index (Phi) is 22.1. The van der Waals surface area contributed by atoms with Crippen molar-refractivity contribution < 1.29 is 42.8 Å². The summed E-state index contributed by atoms with van der Waals surface area (Å²) in [5.41, 5.74) is 5.86. The van der Waals surface area contributed by atoms with E-state index in [0.29, 0.717) is 25.2 Å². The molecule has 5 N–H and O–H groups in total. The molecule has 2 aromatic rings. The predicted octanol–water partition coefficient (Wildman–Crippen LogP) is 6.89. The molecule has 0 radical (unpaired) electrons. The number of primary amides is 1. The Morgan fingerprint density at radius 1 is 1.15 bits per heavy atom. The SMILES string of the molecule is C.C=C[C@@H]1C[C@@H]1C(=O)NC.CC(C)(C)[C@H](NC(=O)OC1CCCC1)C(=O)N1CCC[C@H]1C(N)=O.CC1CC1.COc1ccnc(-c2cccs2)c1.O=CCO.[HH].[HH].[HH]. The molecule has 1 saturated heterocycles. The zero-order chi connectivity index (χ0) is 40.3. The number of aromatic nitrogens is 1. The van der Waals surface area contributed by atoms with Crippen LogP contribution in [0.3, 0.4) is 0 Å². The van der Waals surface area contributed by atoms with Gasteiger partial charge in [0, 0.05) is 36.1 Å². The molecule has 1 aliphatic heterocycles. The first-order valence-corrected chi connectivity index (χ1v) is 19.6. The van der Waals surface area contributed by atoms with Crippen molar-refractivity contribution in [1.82, 2.24) is 20.5 Å². The van der Waals surface area contributed by atoms with Crippen LogP contribution in [-0.4, -0.2) is 90.6 Å². The van der Waals surface area contributed by atoms with Crippen LogP contribution in [0.2, 0.25) is 0 Å². The van der Waals surface area contributed by atoms with Crippen LogP contribution in [0.4, 0.5) is 4.79 Å². The van der Waals surface area contributed by atoms with Gasteiger partial charge in [0.2, 0.25) is 17.7 Å². The topological polar surface area (TPSA) is 190 Å². The fourth-order valence-corrected chi connectivity index (χ4v) is 6.37. The second kappa shape index (κ2) is 25.0. The minimum atomic E-state index is -0.758. The zero-order valence-corrected chi connectivity index (χ0v) is 33.6. The summed E-state index contributed by atoms with van der Waals surface area (Å²) in [5.74, 6) is 1.99. The van der Waals surface area contributed by atoms with Gasteiger partial charge < -0.3 is 40.6 Å². The highest BCUT2D eigenvalue weighted by atomic mass is 32.1. The summed E-state index contributed by atoms with van der Waals surface area (Å²) < 4.78 is 10.5. The van der Waals surface area contributed by atoms with Crippen molar-refractivity contribution in [3.05, 3.63) is 48.5 Å². The average Bonchev–Trinajstić information content (AvgIpc) is 3.83. The zero-order valence-electron chi connectivity index (χ0n) is 32.8. The van der Waals surface area contributed by atoms with Crippen molar-refractivity contribution in [2.45, 2.75) is 111 Å². The number of pyridine rings is 1. The second-order valence-corrected chi connectivity index (χ2v) is 15.7. The van der Waals surface area contributed by atoms with E-state index in [9.17, 15) is 19.2 Å². The van der Waals surface area contributed by atoms with Gasteiger partial charge in [0.15, 0.2) is 0 Å². The first-order valence-electron chi connectivity index (χ1n) is 18.7. The van der Waals surface area contributed by atoms with E-state index in [0.717, 1.165) is 55.9 Å². The number of aliphatic hydroxyl groups is 1. The van der Waals surface area contributed by atoms with Gasteiger partial charge in [-0.1, -0.05) is 60.1 Å². The number of hydrogen-bond donors (Lipinski definition) is 4. The average molecular weight is 794 g/mol. The molecule has 55 heavy (non-hydrogen) atoms. The first-order chi connectivity index (χ1) is 25.7. The molecule has 14 heteroatoms. The largest absolute Gasteiger partial charge is 0.497 e. The van der Waals surface area contributed by atoms with Crippen LogP contribution >= 0.6 is 11.3 Å². The number of amides is 4. The molecular weight excluding hydrogens is 723 g/mol. The van der Waals surface area contributed by atoms with E-state index in [1.54, 1.807) is 31.7 Å². The summed E-state index contributed by atoms with van der Waals surface area (Å²) in [4.78, 5) is 63.3. The number of likely N-dealkylation sites (tertiary alicyclic amines) is 1. The minimum absolute atomic E-state index is 0. The van der Waals surface area contributed by atoms with E-state index < -0.39 is 29.5 Å². The molecule has 3 saturated carbocycles. The number of aliphatic hydroxyl groups excluding tert-OH is 1. The molecular formula is C41H71N5O8S. The molecule has 0 bridgehead atoms. The molecule has 0 aromatic carbocycles. The highest BCUT2D eigenvalue weighted by Gasteiger charge is 2.42. The molecule has 0 unspecified atom stereocenters. The van der Waals surface area contributed by atoms with Crippen LogP contribution in [0, 0.1) is 23.2 Å². The monoisotopic (exact) mass is 794 g/mol. The van der Waals surface area contributed by atoms with Crippen molar-refractivity contribution in [2.24, 2.45) is 28.9 Å². The molecule has 6 rings (SSSR count). The Balaban J connectivity index is -0.000000748. The van der Waals surface area contributed by atoms with Crippen molar-refractivity contribution >= 4 is 41.4 Å². The van der Waals surface area contributed by atoms with Crippen molar-refractivity contribution in [1.29, 1.82) is 0 Å². The fraction of sp³-hybridized carbons (Fsp3) is 0.610. The minimum Gasteiger partial charge on any atom is -0.497 e. The molecule has 0 spiro atoms. The maximum Gasteiger partial charge on any atom is 0.408 e. The lowest BCUT2D eigenvalue weighted by Gasteiger charge is -2.35. The lowest BCUT2D eigenvalue weighted by atomic mass is 9.85. The Labute approximate surface area is 336 Å². The summed E-state index contributed by atoms with van der Waals surface area (Å²) in [5, 5.41) is 14.9. The maximum atomic E-state index is 12.9. The van der Waals surface area contributed by atoms with Crippen LogP contribution in [0.15, 0.2) is 48.5 Å². The summed E-state index contributed by atoms with van der Waals surface area (Å²) in [7, 11) is 3.33. The molecule has 3 aliphatic carbocycles. The quantitative estimate of drug-likeness (QED) is 0.155. The van der Waals surface area contributed by atoms with E-state index in [1.165, 1.54) is 22.6 Å². The number of thiophene rings is 1. The Bertz CT molecular complexity index is 1490. The highest BCUT2D eigenvalue weighted by molar-refractivity contribution is 7.13. The van der Waals surface area contributed by atoms with Crippen LogP contribution in [-0.2, 0) is 23.9 Å². The number of carbonyl (C=O) groups excluding carboxylic acids is 5. The maximum absolute atomic E-state index is 12.9. The number of allylic oxidation sites excluding steroid dienone is 1. The lowest BCUT2D eigenvalue weighted by molar-refractivity contribution is -0.141. The number of carbonyl (C=O) groups is 5. The van der Waals surface area contributed by atoms with E-state index in [-0.39, 0.29) is 42.1 Å². The van der Waals surface area contributed by atoms with E-state index in [1.807, 2.05) is 56.5 Å². The van der Waals surface area contributed by atoms with Crippen LogP contribution < -0.4 is 21.1 Å². The number of ether oxygens (including phenoxy) is 2. The third-order valence-corrected chi connectivity index (χ3v) is 10.1. The number of nitrogens with one attached hydrogen (secondary N) is 2. The summed E-state index contributed by atoms with van der Waals surface area (Å²) in [6.07, 6.45) is 12.6. The van der Waals surface area contributed by atoms with Crippen molar-refractivity contribution in [3.63, 3.8) is 0 Å².